The third-order valence-corrected chi connectivity index (χ3v) is 5.33. The topological polar surface area (TPSA) is 57.5 Å². The van der Waals surface area contributed by atoms with Gasteiger partial charge >= 0.3 is 0 Å². The number of aliphatic imine (C=N–C) groups is 1. The predicted octanol–water partition coefficient (Wildman–Crippen LogP) is 3.00. The van der Waals surface area contributed by atoms with Crippen LogP contribution in [0.1, 0.15) is 32.0 Å². The van der Waals surface area contributed by atoms with Crippen LogP contribution >= 0.6 is 24.0 Å². The van der Waals surface area contributed by atoms with Crippen molar-refractivity contribution in [2.45, 2.75) is 45.7 Å². The number of rotatable bonds is 7. The van der Waals surface area contributed by atoms with Gasteiger partial charge in [-0.3, -0.25) is 9.89 Å². The summed E-state index contributed by atoms with van der Waals surface area (Å²) in [6.07, 6.45) is 3.63. The summed E-state index contributed by atoms with van der Waals surface area (Å²) < 4.78 is 2.30. The highest BCUT2D eigenvalue weighted by atomic mass is 127. The summed E-state index contributed by atoms with van der Waals surface area (Å²) >= 11 is 0. The highest BCUT2D eigenvalue weighted by molar-refractivity contribution is 14.0. The van der Waals surface area contributed by atoms with E-state index in [2.05, 4.69) is 62.1 Å². The van der Waals surface area contributed by atoms with E-state index in [0.29, 0.717) is 6.04 Å². The monoisotopic (exact) mass is 484 g/mol. The fourth-order valence-corrected chi connectivity index (χ4v) is 3.90. The van der Waals surface area contributed by atoms with Crippen LogP contribution in [0.5, 0.6) is 0 Å². The lowest BCUT2D eigenvalue weighted by atomic mass is 10.2. The second-order valence-electron chi connectivity index (χ2n) is 6.96. The molecule has 0 radical (unpaired) electrons. The number of aryl methyl sites for hydroxylation is 2. The van der Waals surface area contributed by atoms with E-state index in [9.17, 15) is 0 Å². The molecule has 2 heterocycles. The van der Waals surface area contributed by atoms with Gasteiger partial charge in [0.15, 0.2) is 5.96 Å². The van der Waals surface area contributed by atoms with Crippen molar-refractivity contribution in [2.24, 2.45) is 4.99 Å². The van der Waals surface area contributed by atoms with E-state index in [4.69, 9.17) is 0 Å². The number of nitrogens with one attached hydrogen (secondary N) is 2. The van der Waals surface area contributed by atoms with E-state index < -0.39 is 0 Å². The summed E-state index contributed by atoms with van der Waals surface area (Å²) in [6, 6.07) is 8.97. The molecule has 0 spiro atoms. The van der Waals surface area contributed by atoms with Gasteiger partial charge in [-0.05, 0) is 51.4 Å². The number of halogens is 1. The lowest BCUT2D eigenvalue weighted by Gasteiger charge is -2.24. The number of hydrogen-bond donors (Lipinski definition) is 2. The van der Waals surface area contributed by atoms with E-state index in [1.807, 2.05) is 13.1 Å². The molecular formula is C20H33IN6. The highest BCUT2D eigenvalue weighted by Crippen LogP contribution is 2.16. The van der Waals surface area contributed by atoms with Crippen LogP contribution in [0.2, 0.25) is 0 Å². The molecule has 6 nitrogen and oxygen atoms in total. The van der Waals surface area contributed by atoms with Gasteiger partial charge in [0.25, 0.3) is 0 Å². The first-order chi connectivity index (χ1) is 12.7. The lowest BCUT2D eigenvalue weighted by Crippen LogP contribution is -2.45. The maximum Gasteiger partial charge on any atom is 0.191 e. The molecule has 1 atom stereocenters. The minimum atomic E-state index is 0. The van der Waals surface area contributed by atoms with Crippen LogP contribution in [-0.2, 0) is 6.54 Å². The minimum absolute atomic E-state index is 0. The first kappa shape index (κ1) is 21.9. The Balaban J connectivity index is 0.00000261. The average molecular weight is 484 g/mol. The van der Waals surface area contributed by atoms with Gasteiger partial charge in [0.05, 0.1) is 11.0 Å². The molecule has 1 aromatic heterocycles. The van der Waals surface area contributed by atoms with Crippen molar-refractivity contribution in [3.05, 3.63) is 30.1 Å². The quantitative estimate of drug-likeness (QED) is 0.275. The molecule has 0 bridgehead atoms. The SMILES string of the molecule is CCN1CCCC1CNC(=NC)NCCCn1c(C)nc2ccccc21.I. The Hall–Kier alpha value is -1.35. The van der Waals surface area contributed by atoms with Crippen molar-refractivity contribution in [1.82, 2.24) is 25.1 Å². The zero-order valence-corrected chi connectivity index (χ0v) is 19.1. The molecule has 1 fully saturated rings. The molecule has 2 N–H and O–H groups in total. The molecule has 1 aliphatic heterocycles. The number of nitrogens with zero attached hydrogens (tertiary/aromatic N) is 4. The summed E-state index contributed by atoms with van der Waals surface area (Å²) in [4.78, 5) is 11.5. The van der Waals surface area contributed by atoms with Crippen molar-refractivity contribution >= 4 is 41.0 Å². The molecule has 1 aromatic carbocycles. The third kappa shape index (κ3) is 5.57. The molecule has 2 aromatic rings. The van der Waals surface area contributed by atoms with Crippen LogP contribution in [0.15, 0.2) is 29.3 Å². The maximum atomic E-state index is 4.63. The van der Waals surface area contributed by atoms with E-state index in [1.165, 1.54) is 24.9 Å². The number of para-hydroxylation sites is 2. The number of benzene rings is 1. The number of likely N-dealkylation sites (tertiary alicyclic amines) is 1. The fraction of sp³-hybridized carbons (Fsp3) is 0.600. The number of hydrogen-bond acceptors (Lipinski definition) is 3. The summed E-state index contributed by atoms with van der Waals surface area (Å²) in [5, 5.41) is 6.93. The van der Waals surface area contributed by atoms with Crippen LogP contribution in [0.3, 0.4) is 0 Å². The van der Waals surface area contributed by atoms with Crippen molar-refractivity contribution in [3.63, 3.8) is 0 Å². The smallest absolute Gasteiger partial charge is 0.191 e. The average Bonchev–Trinajstić information content (AvgIpc) is 3.24. The predicted molar refractivity (Wildman–Crippen MR) is 124 cm³/mol. The second-order valence-corrected chi connectivity index (χ2v) is 6.96. The summed E-state index contributed by atoms with van der Waals surface area (Å²) in [5.74, 6) is 1.98. The number of imidazole rings is 1. The Labute approximate surface area is 179 Å². The first-order valence-electron chi connectivity index (χ1n) is 9.83. The summed E-state index contributed by atoms with van der Waals surface area (Å²) in [7, 11) is 1.84. The van der Waals surface area contributed by atoms with Crippen molar-refractivity contribution < 1.29 is 0 Å². The van der Waals surface area contributed by atoms with Gasteiger partial charge in [0.2, 0.25) is 0 Å². The van der Waals surface area contributed by atoms with E-state index in [0.717, 1.165) is 49.9 Å². The Morgan fingerprint density at radius 1 is 1.30 bits per heavy atom. The van der Waals surface area contributed by atoms with Crippen LogP contribution in [0, 0.1) is 6.92 Å². The molecule has 7 heteroatoms. The Morgan fingerprint density at radius 3 is 2.89 bits per heavy atom. The molecule has 3 rings (SSSR count). The molecule has 1 unspecified atom stereocenters. The zero-order valence-electron chi connectivity index (χ0n) is 16.7. The molecule has 1 saturated heterocycles. The van der Waals surface area contributed by atoms with Crippen molar-refractivity contribution in [3.8, 4) is 0 Å². The van der Waals surface area contributed by atoms with E-state index >= 15 is 0 Å². The standard InChI is InChI=1S/C20H32N6.HI/c1-4-25-13-7-9-17(25)15-23-20(21-3)22-12-8-14-26-16(2)24-18-10-5-6-11-19(18)26;/h5-6,10-11,17H,4,7-9,12-15H2,1-3H3,(H2,21,22,23);1H. The summed E-state index contributed by atoms with van der Waals surface area (Å²) in [5.41, 5.74) is 2.29. The Bertz CT molecular complexity index is 741. The Kier molecular flexibility index (Phi) is 8.82. The molecule has 150 valence electrons. The highest BCUT2D eigenvalue weighted by Gasteiger charge is 2.22. The van der Waals surface area contributed by atoms with E-state index in [-0.39, 0.29) is 24.0 Å². The third-order valence-electron chi connectivity index (χ3n) is 5.33. The number of fused-ring (bicyclic) bond motifs is 1. The van der Waals surface area contributed by atoms with Crippen LogP contribution in [0.4, 0.5) is 0 Å². The second kappa shape index (κ2) is 10.8. The molecule has 0 aliphatic carbocycles. The normalized spacial score (nSPS) is 17.9. The number of aromatic nitrogens is 2. The lowest BCUT2D eigenvalue weighted by molar-refractivity contribution is 0.267. The number of likely N-dealkylation sites (N-methyl/N-ethyl adjacent to an activating group) is 1. The molecule has 0 saturated carbocycles. The van der Waals surface area contributed by atoms with Crippen LogP contribution in [0.25, 0.3) is 11.0 Å². The van der Waals surface area contributed by atoms with Gasteiger partial charge in [0.1, 0.15) is 5.82 Å². The van der Waals surface area contributed by atoms with E-state index in [1.54, 1.807) is 0 Å². The van der Waals surface area contributed by atoms with Crippen molar-refractivity contribution in [2.75, 3.05) is 33.2 Å². The first-order valence-corrected chi connectivity index (χ1v) is 9.83. The van der Waals surface area contributed by atoms with Gasteiger partial charge in [-0.2, -0.15) is 0 Å². The van der Waals surface area contributed by atoms with Gasteiger partial charge in [0, 0.05) is 32.7 Å². The maximum absolute atomic E-state index is 4.63. The molecular weight excluding hydrogens is 451 g/mol. The van der Waals surface area contributed by atoms with Gasteiger partial charge < -0.3 is 15.2 Å². The molecule has 27 heavy (non-hydrogen) atoms. The molecule has 1 aliphatic rings. The summed E-state index contributed by atoms with van der Waals surface area (Å²) in [6.45, 7) is 9.51. The molecule has 0 amide bonds. The zero-order chi connectivity index (χ0) is 18.4. The van der Waals surface area contributed by atoms with Gasteiger partial charge in [-0.1, -0.05) is 19.1 Å². The van der Waals surface area contributed by atoms with Crippen molar-refractivity contribution in [1.29, 1.82) is 0 Å². The fourth-order valence-electron chi connectivity index (χ4n) is 3.90. The van der Waals surface area contributed by atoms with Crippen LogP contribution < -0.4 is 10.6 Å². The van der Waals surface area contributed by atoms with Crippen LogP contribution in [-0.4, -0.2) is 59.7 Å². The largest absolute Gasteiger partial charge is 0.356 e. The minimum Gasteiger partial charge on any atom is -0.356 e. The Morgan fingerprint density at radius 2 is 2.11 bits per heavy atom. The number of guanidine groups is 1. The van der Waals surface area contributed by atoms with Gasteiger partial charge in [-0.25, -0.2) is 4.98 Å². The van der Waals surface area contributed by atoms with Gasteiger partial charge in [-0.15, -0.1) is 24.0 Å².